The first kappa shape index (κ1) is 16.0. The van der Waals surface area contributed by atoms with Gasteiger partial charge in [-0.1, -0.05) is 12.1 Å². The minimum Gasteiger partial charge on any atom is -0.497 e. The van der Waals surface area contributed by atoms with E-state index in [1.54, 1.807) is 24.3 Å². The van der Waals surface area contributed by atoms with Gasteiger partial charge in [-0.05, 0) is 23.8 Å². The molecular formula is C16H13F3N2O3. The zero-order valence-electron chi connectivity index (χ0n) is 12.6. The van der Waals surface area contributed by atoms with Crippen molar-refractivity contribution in [2.45, 2.75) is 12.7 Å². The van der Waals surface area contributed by atoms with E-state index in [2.05, 4.69) is 4.74 Å². The summed E-state index contributed by atoms with van der Waals surface area (Å²) in [6.07, 6.45) is -4.08. The van der Waals surface area contributed by atoms with Gasteiger partial charge in [0.2, 0.25) is 0 Å². The van der Waals surface area contributed by atoms with Crippen LogP contribution in [0.1, 0.15) is 5.56 Å². The fourth-order valence-electron chi connectivity index (χ4n) is 2.37. The van der Waals surface area contributed by atoms with Gasteiger partial charge in [0, 0.05) is 6.07 Å². The second-order valence-corrected chi connectivity index (χ2v) is 5.20. The van der Waals surface area contributed by atoms with Crippen LogP contribution in [-0.4, -0.2) is 19.1 Å². The zero-order chi connectivity index (χ0) is 17.5. The smallest absolute Gasteiger partial charge is 0.482 e. The molecule has 0 fully saturated rings. The van der Waals surface area contributed by atoms with Gasteiger partial charge in [0.05, 0.1) is 25.0 Å². The van der Waals surface area contributed by atoms with Crippen molar-refractivity contribution in [1.82, 2.24) is 0 Å². The maximum atomic E-state index is 13.8. The molecule has 1 aliphatic heterocycles. The Morgan fingerprint density at radius 3 is 2.54 bits per heavy atom. The monoisotopic (exact) mass is 338 g/mol. The fraction of sp³-hybridized carbons (Fsp3) is 0.188. The lowest BCUT2D eigenvalue weighted by molar-refractivity contribution is -0.193. The van der Waals surface area contributed by atoms with Crippen LogP contribution in [0.25, 0.3) is 0 Å². The number of carbonyl (C=O) groups excluding carboxylic acids is 1. The molecule has 1 heterocycles. The summed E-state index contributed by atoms with van der Waals surface area (Å²) in [5, 5.41) is 0. The van der Waals surface area contributed by atoms with Crippen LogP contribution in [0.5, 0.6) is 11.5 Å². The minimum absolute atomic E-state index is 0.0133. The molecule has 8 heteroatoms. The first-order valence-corrected chi connectivity index (χ1v) is 6.92. The molecule has 3 rings (SSSR count). The minimum atomic E-state index is -4.08. The van der Waals surface area contributed by atoms with Gasteiger partial charge in [-0.25, -0.2) is 4.39 Å². The largest absolute Gasteiger partial charge is 0.497 e. The van der Waals surface area contributed by atoms with Crippen LogP contribution in [0.3, 0.4) is 0 Å². The van der Waals surface area contributed by atoms with Crippen molar-refractivity contribution in [3.63, 3.8) is 0 Å². The van der Waals surface area contributed by atoms with E-state index in [4.69, 9.17) is 10.5 Å². The lowest BCUT2D eigenvalue weighted by atomic mass is 10.1. The maximum absolute atomic E-state index is 13.8. The third-order valence-electron chi connectivity index (χ3n) is 3.60. The number of nitrogens with zero attached hydrogens (tertiary/aromatic N) is 1. The van der Waals surface area contributed by atoms with Crippen LogP contribution in [0.2, 0.25) is 0 Å². The number of methoxy groups -OCH3 is 1. The Morgan fingerprint density at radius 2 is 1.92 bits per heavy atom. The van der Waals surface area contributed by atoms with Crippen LogP contribution in [-0.2, 0) is 11.3 Å². The quantitative estimate of drug-likeness (QED) is 0.874. The molecule has 0 aromatic heterocycles. The van der Waals surface area contributed by atoms with Crippen molar-refractivity contribution in [3.05, 3.63) is 47.8 Å². The Kier molecular flexibility index (Phi) is 3.75. The Hall–Kier alpha value is -2.90. The molecular weight excluding hydrogens is 325 g/mol. The zero-order valence-corrected chi connectivity index (χ0v) is 12.6. The summed E-state index contributed by atoms with van der Waals surface area (Å²) in [5.74, 6) is -2.30. The van der Waals surface area contributed by atoms with Crippen LogP contribution in [0.4, 0.5) is 24.5 Å². The van der Waals surface area contributed by atoms with E-state index >= 15 is 0 Å². The number of anilines is 2. The predicted octanol–water partition coefficient (Wildman–Crippen LogP) is 2.93. The second-order valence-electron chi connectivity index (χ2n) is 5.20. The average molecular weight is 338 g/mol. The van der Waals surface area contributed by atoms with Gasteiger partial charge in [-0.3, -0.25) is 9.69 Å². The van der Waals surface area contributed by atoms with Gasteiger partial charge >= 0.3 is 12.0 Å². The van der Waals surface area contributed by atoms with E-state index in [1.807, 2.05) is 0 Å². The summed E-state index contributed by atoms with van der Waals surface area (Å²) < 4.78 is 50.5. The molecule has 0 saturated heterocycles. The number of nitrogens with two attached hydrogens (primary N) is 1. The normalized spacial score (nSPS) is 15.7. The molecule has 2 aromatic rings. The number of alkyl halides is 2. The van der Waals surface area contributed by atoms with E-state index in [-0.39, 0.29) is 17.9 Å². The molecule has 1 aliphatic rings. The highest BCUT2D eigenvalue weighted by atomic mass is 19.3. The SMILES string of the molecule is COc1ccc(CN2C(=O)C(F)(F)Oc3cc(F)c(N)cc32)cc1. The summed E-state index contributed by atoms with van der Waals surface area (Å²) in [6, 6.07) is 8.38. The molecule has 0 saturated carbocycles. The third-order valence-corrected chi connectivity index (χ3v) is 3.60. The number of benzene rings is 2. The highest BCUT2D eigenvalue weighted by Gasteiger charge is 2.50. The maximum Gasteiger partial charge on any atom is 0.482 e. The third kappa shape index (κ3) is 2.70. The first-order chi connectivity index (χ1) is 11.3. The van der Waals surface area contributed by atoms with Crippen molar-refractivity contribution >= 4 is 17.3 Å². The number of hydrogen-bond acceptors (Lipinski definition) is 4. The molecule has 126 valence electrons. The van der Waals surface area contributed by atoms with Gasteiger partial charge in [0.1, 0.15) is 11.6 Å². The average Bonchev–Trinajstić information content (AvgIpc) is 2.54. The van der Waals surface area contributed by atoms with E-state index < -0.39 is 23.6 Å². The second kappa shape index (κ2) is 5.63. The number of amides is 1. The molecule has 2 aromatic carbocycles. The Balaban J connectivity index is 2.01. The van der Waals surface area contributed by atoms with Crippen molar-refractivity contribution in [1.29, 1.82) is 0 Å². The molecule has 0 unspecified atom stereocenters. The molecule has 0 spiro atoms. The van der Waals surface area contributed by atoms with Crippen molar-refractivity contribution in [2.24, 2.45) is 0 Å². The predicted molar refractivity (Wildman–Crippen MR) is 80.6 cm³/mol. The number of carbonyl (C=O) groups is 1. The van der Waals surface area contributed by atoms with Gasteiger partial charge in [-0.2, -0.15) is 8.78 Å². The molecule has 0 aliphatic carbocycles. The molecule has 0 atom stereocenters. The van der Waals surface area contributed by atoms with Crippen LogP contribution in [0.15, 0.2) is 36.4 Å². The number of halogens is 3. The topological polar surface area (TPSA) is 64.8 Å². The lowest BCUT2D eigenvalue weighted by Crippen LogP contribution is -2.50. The Morgan fingerprint density at radius 1 is 1.25 bits per heavy atom. The van der Waals surface area contributed by atoms with Crippen LogP contribution < -0.4 is 20.1 Å². The Bertz CT molecular complexity index is 794. The van der Waals surface area contributed by atoms with E-state index in [0.717, 1.165) is 17.0 Å². The van der Waals surface area contributed by atoms with Gasteiger partial charge in [0.25, 0.3) is 0 Å². The number of fused-ring (bicyclic) bond motifs is 1. The molecule has 24 heavy (non-hydrogen) atoms. The highest BCUT2D eigenvalue weighted by Crippen LogP contribution is 2.42. The van der Waals surface area contributed by atoms with Gasteiger partial charge in [-0.15, -0.1) is 0 Å². The molecule has 5 nitrogen and oxygen atoms in total. The van der Waals surface area contributed by atoms with E-state index in [9.17, 15) is 18.0 Å². The van der Waals surface area contributed by atoms with Gasteiger partial charge in [0.15, 0.2) is 5.75 Å². The van der Waals surface area contributed by atoms with Crippen LogP contribution >= 0.6 is 0 Å². The molecule has 1 amide bonds. The summed E-state index contributed by atoms with van der Waals surface area (Å²) in [7, 11) is 1.49. The fourth-order valence-corrected chi connectivity index (χ4v) is 2.37. The summed E-state index contributed by atoms with van der Waals surface area (Å²) in [5.41, 5.74) is 5.78. The molecule has 0 bridgehead atoms. The number of hydrogen-bond donors (Lipinski definition) is 1. The number of nitrogen functional groups attached to an aromatic ring is 1. The summed E-state index contributed by atoms with van der Waals surface area (Å²) in [6.45, 7) is -0.153. The highest BCUT2D eigenvalue weighted by molar-refractivity contribution is 6.01. The Labute approximate surface area is 135 Å². The van der Waals surface area contributed by atoms with Crippen molar-refractivity contribution < 1.29 is 27.4 Å². The summed E-state index contributed by atoms with van der Waals surface area (Å²) in [4.78, 5) is 12.8. The van der Waals surface area contributed by atoms with Crippen LogP contribution in [0, 0.1) is 5.82 Å². The van der Waals surface area contributed by atoms with Gasteiger partial charge < -0.3 is 15.2 Å². The van der Waals surface area contributed by atoms with E-state index in [1.165, 1.54) is 7.11 Å². The van der Waals surface area contributed by atoms with Crippen molar-refractivity contribution in [2.75, 3.05) is 17.7 Å². The summed E-state index contributed by atoms with van der Waals surface area (Å²) >= 11 is 0. The van der Waals surface area contributed by atoms with E-state index in [0.29, 0.717) is 11.3 Å². The number of ether oxygens (including phenoxy) is 2. The molecule has 0 radical (unpaired) electrons. The van der Waals surface area contributed by atoms with Crippen molar-refractivity contribution in [3.8, 4) is 11.5 Å². The first-order valence-electron chi connectivity index (χ1n) is 6.92. The lowest BCUT2D eigenvalue weighted by Gasteiger charge is -2.33. The standard InChI is InChI=1S/C16H13F3N2O3/c1-23-10-4-2-9(3-5-10)8-21-13-7-12(20)11(17)6-14(13)24-16(18,19)15(21)22/h2-7H,8,20H2,1H3. The molecule has 2 N–H and O–H groups in total. The number of rotatable bonds is 3.